The highest BCUT2D eigenvalue weighted by Gasteiger charge is 2.39. The van der Waals surface area contributed by atoms with Gasteiger partial charge in [-0.3, -0.25) is 0 Å². The molecule has 0 fully saturated rings. The van der Waals surface area contributed by atoms with E-state index < -0.39 is 30.5 Å². The highest BCUT2D eigenvalue weighted by Crippen LogP contribution is 2.25. The van der Waals surface area contributed by atoms with Gasteiger partial charge in [-0.15, -0.1) is 0 Å². The summed E-state index contributed by atoms with van der Waals surface area (Å²) in [4.78, 5) is 0. The first kappa shape index (κ1) is 14.5. The molecule has 0 saturated carbocycles. The third-order valence-electron chi connectivity index (χ3n) is 2.53. The fraction of sp³-hybridized carbons (Fsp3) is 0.417. The van der Waals surface area contributed by atoms with E-state index in [4.69, 9.17) is 5.26 Å². The Hall–Kier alpha value is -1.61. The van der Waals surface area contributed by atoms with Crippen LogP contribution in [0, 0.1) is 23.1 Å². The summed E-state index contributed by atoms with van der Waals surface area (Å²) in [5.41, 5.74) is 0.536. The van der Waals surface area contributed by atoms with Gasteiger partial charge < -0.3 is 5.32 Å². The molecule has 0 heterocycles. The van der Waals surface area contributed by atoms with Crippen molar-refractivity contribution in [1.82, 2.24) is 5.32 Å². The summed E-state index contributed by atoms with van der Waals surface area (Å²) in [5.74, 6) is -2.51. The van der Waals surface area contributed by atoms with Gasteiger partial charge in [-0.05, 0) is 24.6 Å². The maximum atomic E-state index is 12.9. The summed E-state index contributed by atoms with van der Waals surface area (Å²) in [5, 5.41) is 11.0. The van der Waals surface area contributed by atoms with Crippen molar-refractivity contribution in [2.45, 2.75) is 19.1 Å². The molecule has 0 aromatic heterocycles. The van der Waals surface area contributed by atoms with Crippen molar-refractivity contribution >= 4 is 0 Å². The zero-order valence-electron chi connectivity index (χ0n) is 9.63. The normalized spacial score (nSPS) is 14.9. The zero-order chi connectivity index (χ0) is 13.8. The van der Waals surface area contributed by atoms with Gasteiger partial charge in [0.25, 0.3) is 0 Å². The van der Waals surface area contributed by atoms with Gasteiger partial charge in [-0.1, -0.05) is 12.1 Å². The molecule has 18 heavy (non-hydrogen) atoms. The Kier molecular flexibility index (Phi) is 4.68. The Morgan fingerprint density at radius 1 is 1.39 bits per heavy atom. The second-order valence-corrected chi connectivity index (χ2v) is 3.91. The van der Waals surface area contributed by atoms with Crippen molar-refractivity contribution in [2.75, 3.05) is 6.54 Å². The van der Waals surface area contributed by atoms with Gasteiger partial charge in [-0.25, -0.2) is 4.39 Å². The first-order chi connectivity index (χ1) is 8.34. The van der Waals surface area contributed by atoms with Crippen molar-refractivity contribution < 1.29 is 17.6 Å². The average molecular weight is 260 g/mol. The Morgan fingerprint density at radius 3 is 2.56 bits per heavy atom. The molecule has 1 aromatic carbocycles. The van der Waals surface area contributed by atoms with Crippen molar-refractivity contribution in [3.05, 3.63) is 35.6 Å². The molecular weight excluding hydrogens is 248 g/mol. The fourth-order valence-electron chi connectivity index (χ4n) is 1.42. The van der Waals surface area contributed by atoms with Crippen LogP contribution in [0.2, 0.25) is 0 Å². The molecule has 2 atom stereocenters. The van der Waals surface area contributed by atoms with Crippen LogP contribution >= 0.6 is 0 Å². The van der Waals surface area contributed by atoms with E-state index >= 15 is 0 Å². The number of alkyl halides is 3. The van der Waals surface area contributed by atoms with Crippen molar-refractivity contribution in [3.63, 3.8) is 0 Å². The van der Waals surface area contributed by atoms with Crippen LogP contribution < -0.4 is 5.32 Å². The largest absolute Gasteiger partial charge is 0.405 e. The lowest BCUT2D eigenvalue weighted by atomic mass is 10.1. The molecule has 0 spiro atoms. The smallest absolute Gasteiger partial charge is 0.309 e. The molecule has 98 valence electrons. The lowest BCUT2D eigenvalue weighted by molar-refractivity contribution is -0.157. The number of hydrogen-bond donors (Lipinski definition) is 1. The topological polar surface area (TPSA) is 35.8 Å². The van der Waals surface area contributed by atoms with E-state index in [2.05, 4.69) is 5.32 Å². The monoisotopic (exact) mass is 260 g/mol. The molecule has 0 bridgehead atoms. The van der Waals surface area contributed by atoms with Gasteiger partial charge in [-0.2, -0.15) is 18.4 Å². The first-order valence-electron chi connectivity index (χ1n) is 5.29. The van der Waals surface area contributed by atoms with Crippen LogP contribution in [-0.4, -0.2) is 12.7 Å². The minimum Gasteiger partial charge on any atom is -0.309 e. The maximum Gasteiger partial charge on any atom is 0.405 e. The Morgan fingerprint density at radius 2 is 2.06 bits per heavy atom. The van der Waals surface area contributed by atoms with Gasteiger partial charge in [0.2, 0.25) is 0 Å². The quantitative estimate of drug-likeness (QED) is 0.844. The van der Waals surface area contributed by atoms with Gasteiger partial charge >= 0.3 is 6.18 Å². The van der Waals surface area contributed by atoms with Gasteiger partial charge in [0.15, 0.2) is 5.92 Å². The molecule has 0 radical (unpaired) electrons. The third kappa shape index (κ3) is 4.00. The molecule has 0 aliphatic heterocycles. The average Bonchev–Trinajstić information content (AvgIpc) is 2.27. The first-order valence-corrected chi connectivity index (χ1v) is 5.29. The summed E-state index contributed by atoms with van der Waals surface area (Å²) < 4.78 is 49.9. The molecule has 0 aliphatic carbocycles. The van der Waals surface area contributed by atoms with Crippen LogP contribution in [0.4, 0.5) is 17.6 Å². The van der Waals surface area contributed by atoms with E-state index in [0.717, 1.165) is 0 Å². The number of halogens is 4. The molecule has 6 heteroatoms. The summed E-state index contributed by atoms with van der Waals surface area (Å²) in [7, 11) is 0. The number of hydrogen-bond acceptors (Lipinski definition) is 2. The van der Waals surface area contributed by atoms with Crippen molar-refractivity contribution in [1.29, 1.82) is 5.26 Å². The molecule has 1 unspecified atom stereocenters. The minimum absolute atomic E-state index is 0.450. The number of benzene rings is 1. The summed E-state index contributed by atoms with van der Waals surface area (Å²) >= 11 is 0. The lowest BCUT2D eigenvalue weighted by Gasteiger charge is -2.18. The highest BCUT2D eigenvalue weighted by atomic mass is 19.4. The highest BCUT2D eigenvalue weighted by molar-refractivity contribution is 5.19. The SMILES string of the molecule is C[C@H](NCC(C#N)C(F)(F)F)c1cccc(F)c1. The second-order valence-electron chi connectivity index (χ2n) is 3.91. The summed E-state index contributed by atoms with van der Waals surface area (Å²) in [6, 6.07) is 6.32. The predicted octanol–water partition coefficient (Wildman–Crippen LogP) is 3.18. The van der Waals surface area contributed by atoms with Gasteiger partial charge in [0, 0.05) is 12.6 Å². The molecule has 1 N–H and O–H groups in total. The minimum atomic E-state index is -4.55. The number of nitrogens with zero attached hydrogens (tertiary/aromatic N) is 1. The summed E-state index contributed by atoms with van der Waals surface area (Å²) in [6.07, 6.45) is -4.55. The Balaban J connectivity index is 2.61. The predicted molar refractivity (Wildman–Crippen MR) is 58.0 cm³/mol. The molecule has 0 aliphatic rings. The van der Waals surface area contributed by atoms with E-state index in [9.17, 15) is 17.6 Å². The summed E-state index contributed by atoms with van der Waals surface area (Å²) in [6.45, 7) is 1.09. The van der Waals surface area contributed by atoms with Crippen LogP contribution in [0.15, 0.2) is 24.3 Å². The molecule has 1 aromatic rings. The fourth-order valence-corrected chi connectivity index (χ4v) is 1.42. The van der Waals surface area contributed by atoms with E-state index in [0.29, 0.717) is 5.56 Å². The Labute approximate surface area is 102 Å². The van der Waals surface area contributed by atoms with Gasteiger partial charge in [0.1, 0.15) is 5.82 Å². The standard InChI is InChI=1S/C12H12F4N2/c1-8(9-3-2-4-11(13)5-9)18-7-10(6-17)12(14,15)16/h2-5,8,10,18H,7H2,1H3/t8-,10?/m0/s1. The maximum absolute atomic E-state index is 12.9. The van der Waals surface area contributed by atoms with Crippen LogP contribution in [0.3, 0.4) is 0 Å². The Bertz CT molecular complexity index is 436. The van der Waals surface area contributed by atoms with E-state index in [1.807, 2.05) is 0 Å². The molecular formula is C12H12F4N2. The van der Waals surface area contributed by atoms with E-state index in [1.54, 1.807) is 13.0 Å². The van der Waals surface area contributed by atoms with Crippen LogP contribution in [0.5, 0.6) is 0 Å². The number of nitriles is 1. The number of rotatable bonds is 4. The van der Waals surface area contributed by atoms with Gasteiger partial charge in [0.05, 0.1) is 6.07 Å². The van der Waals surface area contributed by atoms with E-state index in [-0.39, 0.29) is 0 Å². The van der Waals surface area contributed by atoms with Crippen LogP contribution in [0.25, 0.3) is 0 Å². The molecule has 1 rings (SSSR count). The zero-order valence-corrected chi connectivity index (χ0v) is 9.63. The third-order valence-corrected chi connectivity index (χ3v) is 2.53. The van der Waals surface area contributed by atoms with Crippen molar-refractivity contribution in [3.8, 4) is 6.07 Å². The molecule has 0 amide bonds. The van der Waals surface area contributed by atoms with Crippen LogP contribution in [-0.2, 0) is 0 Å². The lowest BCUT2D eigenvalue weighted by Crippen LogP contribution is -2.33. The molecule has 0 saturated heterocycles. The molecule has 2 nitrogen and oxygen atoms in total. The van der Waals surface area contributed by atoms with Crippen LogP contribution in [0.1, 0.15) is 18.5 Å². The second kappa shape index (κ2) is 5.83. The van der Waals surface area contributed by atoms with Crippen molar-refractivity contribution in [2.24, 2.45) is 5.92 Å². The number of nitrogens with one attached hydrogen (secondary N) is 1. The van der Waals surface area contributed by atoms with E-state index in [1.165, 1.54) is 24.3 Å².